The summed E-state index contributed by atoms with van der Waals surface area (Å²) in [5, 5.41) is 9.40. The van der Waals surface area contributed by atoms with Crippen molar-refractivity contribution in [3.05, 3.63) is 29.8 Å². The molecule has 1 aromatic rings. The smallest absolute Gasteiger partial charge is 0.227 e. The molecule has 7 nitrogen and oxygen atoms in total. The van der Waals surface area contributed by atoms with Gasteiger partial charge in [0.1, 0.15) is 9.84 Å². The highest BCUT2D eigenvalue weighted by Gasteiger charge is 2.25. The number of carbonyl (C=O) groups excluding carboxylic acids is 1. The molecule has 1 fully saturated rings. The summed E-state index contributed by atoms with van der Waals surface area (Å²) in [5.41, 5.74) is 1.79. The van der Waals surface area contributed by atoms with Crippen molar-refractivity contribution in [3.63, 3.8) is 0 Å². The van der Waals surface area contributed by atoms with Crippen LogP contribution in [0.1, 0.15) is 45.1 Å². The minimum Gasteiger partial charge on any atom is -0.357 e. The molecule has 3 N–H and O–H groups in total. The Morgan fingerprint density at radius 2 is 2.07 bits per heavy atom. The minimum atomic E-state index is -2.98. The highest BCUT2D eigenvalue weighted by Crippen LogP contribution is 2.27. The maximum Gasteiger partial charge on any atom is 0.227 e. The number of hydrogen-bond acceptors (Lipinski definition) is 4. The third-order valence-electron chi connectivity index (χ3n) is 4.74. The summed E-state index contributed by atoms with van der Waals surface area (Å²) in [4.78, 5) is 16.7. The molecule has 0 spiro atoms. The van der Waals surface area contributed by atoms with Gasteiger partial charge >= 0.3 is 0 Å². The molecule has 1 saturated carbocycles. The fourth-order valence-electron chi connectivity index (χ4n) is 2.85. The van der Waals surface area contributed by atoms with Gasteiger partial charge in [0.2, 0.25) is 5.91 Å². The first-order valence-corrected chi connectivity index (χ1v) is 11.9. The van der Waals surface area contributed by atoms with Gasteiger partial charge in [-0.1, -0.05) is 18.6 Å². The van der Waals surface area contributed by atoms with Crippen molar-refractivity contribution in [2.24, 2.45) is 10.9 Å². The number of sulfone groups is 1. The SMILES string of the molecule is CCNC(=NCc1cccc(NC(=O)C2CCC2)c1)NC(C)CCS(C)(=O)=O. The quantitative estimate of drug-likeness (QED) is 0.430. The Balaban J connectivity index is 1.93. The van der Waals surface area contributed by atoms with Gasteiger partial charge in [0, 0.05) is 30.4 Å². The molecular formula is C20H32N4O3S. The minimum absolute atomic E-state index is 0.0133. The van der Waals surface area contributed by atoms with E-state index in [-0.39, 0.29) is 23.6 Å². The van der Waals surface area contributed by atoms with Crippen molar-refractivity contribution >= 4 is 27.4 Å². The lowest BCUT2D eigenvalue weighted by Crippen LogP contribution is -2.42. The van der Waals surface area contributed by atoms with Gasteiger partial charge in [-0.15, -0.1) is 0 Å². The van der Waals surface area contributed by atoms with Crippen LogP contribution in [-0.4, -0.2) is 44.9 Å². The number of aliphatic imine (C=N–C) groups is 1. The van der Waals surface area contributed by atoms with Gasteiger partial charge in [-0.25, -0.2) is 13.4 Å². The van der Waals surface area contributed by atoms with E-state index in [1.165, 1.54) is 6.26 Å². The van der Waals surface area contributed by atoms with Crippen LogP contribution in [0.25, 0.3) is 0 Å². The van der Waals surface area contributed by atoms with Crippen LogP contribution in [-0.2, 0) is 21.2 Å². The second-order valence-corrected chi connectivity index (χ2v) is 9.74. The van der Waals surface area contributed by atoms with Gasteiger partial charge < -0.3 is 16.0 Å². The van der Waals surface area contributed by atoms with Gasteiger partial charge in [0.05, 0.1) is 12.3 Å². The summed E-state index contributed by atoms with van der Waals surface area (Å²) in [5.74, 6) is 1.04. The second-order valence-electron chi connectivity index (χ2n) is 7.48. The number of carbonyl (C=O) groups is 1. The number of nitrogens with zero attached hydrogens (tertiary/aromatic N) is 1. The monoisotopic (exact) mass is 408 g/mol. The third-order valence-corrected chi connectivity index (χ3v) is 5.72. The Bertz CT molecular complexity index is 788. The van der Waals surface area contributed by atoms with Crippen molar-refractivity contribution in [2.75, 3.05) is 23.9 Å². The van der Waals surface area contributed by atoms with Crippen LogP contribution < -0.4 is 16.0 Å². The summed E-state index contributed by atoms with van der Waals surface area (Å²) >= 11 is 0. The number of hydrogen-bond donors (Lipinski definition) is 3. The molecule has 0 radical (unpaired) electrons. The Morgan fingerprint density at radius 1 is 1.32 bits per heavy atom. The summed E-state index contributed by atoms with van der Waals surface area (Å²) in [6.07, 6.45) is 4.85. The molecule has 1 aliphatic rings. The molecule has 1 aromatic carbocycles. The molecule has 1 amide bonds. The van der Waals surface area contributed by atoms with E-state index in [0.29, 0.717) is 25.5 Å². The largest absolute Gasteiger partial charge is 0.357 e. The number of guanidine groups is 1. The van der Waals surface area contributed by atoms with E-state index in [2.05, 4.69) is 20.9 Å². The number of nitrogens with one attached hydrogen (secondary N) is 3. The molecule has 2 rings (SSSR count). The number of anilines is 1. The highest BCUT2D eigenvalue weighted by molar-refractivity contribution is 7.90. The Morgan fingerprint density at radius 3 is 2.68 bits per heavy atom. The van der Waals surface area contributed by atoms with Crippen LogP contribution >= 0.6 is 0 Å². The molecular weight excluding hydrogens is 376 g/mol. The van der Waals surface area contributed by atoms with Crippen molar-refractivity contribution in [1.82, 2.24) is 10.6 Å². The maximum absolute atomic E-state index is 12.1. The predicted molar refractivity (Wildman–Crippen MR) is 114 cm³/mol. The fraction of sp³-hybridized carbons (Fsp3) is 0.600. The number of rotatable bonds is 9. The fourth-order valence-corrected chi connectivity index (χ4v) is 3.63. The lowest BCUT2D eigenvalue weighted by molar-refractivity contribution is -0.122. The van der Waals surface area contributed by atoms with Crippen molar-refractivity contribution in [3.8, 4) is 0 Å². The van der Waals surface area contributed by atoms with Gasteiger partial charge in [-0.3, -0.25) is 4.79 Å². The normalized spacial score (nSPS) is 16.2. The molecule has 28 heavy (non-hydrogen) atoms. The van der Waals surface area contributed by atoms with Crippen molar-refractivity contribution in [1.29, 1.82) is 0 Å². The lowest BCUT2D eigenvalue weighted by atomic mass is 9.85. The number of amides is 1. The standard InChI is InChI=1S/C20H32N4O3S/c1-4-21-20(23-15(2)11-12-28(3,26)27)22-14-16-7-5-10-18(13-16)24-19(25)17-8-6-9-17/h5,7,10,13,15,17H,4,6,8-9,11-12,14H2,1-3H3,(H,24,25)(H2,21,22,23). The molecule has 0 bridgehead atoms. The van der Waals surface area contributed by atoms with Crippen molar-refractivity contribution in [2.45, 2.75) is 52.1 Å². The average molecular weight is 409 g/mol. The first kappa shape index (κ1) is 22.2. The molecule has 1 aliphatic carbocycles. The molecule has 1 unspecified atom stereocenters. The zero-order chi connectivity index (χ0) is 20.6. The topological polar surface area (TPSA) is 99.7 Å². The average Bonchev–Trinajstić information content (AvgIpc) is 2.56. The van der Waals surface area contributed by atoms with E-state index < -0.39 is 9.84 Å². The molecule has 8 heteroatoms. The Labute approximate surface area is 168 Å². The first-order chi connectivity index (χ1) is 13.3. The first-order valence-electron chi connectivity index (χ1n) is 9.89. The molecule has 0 saturated heterocycles. The van der Waals surface area contributed by atoms with Gasteiger partial charge in [-0.05, 0) is 50.8 Å². The van der Waals surface area contributed by atoms with Crippen LogP contribution in [0.4, 0.5) is 5.69 Å². The van der Waals surface area contributed by atoms with Crippen LogP contribution in [0.3, 0.4) is 0 Å². The van der Waals surface area contributed by atoms with Crippen LogP contribution in [0.5, 0.6) is 0 Å². The maximum atomic E-state index is 12.1. The summed E-state index contributed by atoms with van der Waals surface area (Å²) in [7, 11) is -2.98. The van der Waals surface area contributed by atoms with Crippen LogP contribution in [0, 0.1) is 5.92 Å². The lowest BCUT2D eigenvalue weighted by Gasteiger charge is -2.24. The van der Waals surface area contributed by atoms with Crippen LogP contribution in [0.15, 0.2) is 29.3 Å². The van der Waals surface area contributed by atoms with Gasteiger partial charge in [0.25, 0.3) is 0 Å². The summed E-state index contributed by atoms with van der Waals surface area (Å²) in [6, 6.07) is 7.70. The van der Waals surface area contributed by atoms with Crippen molar-refractivity contribution < 1.29 is 13.2 Å². The van der Waals surface area contributed by atoms with Gasteiger partial charge in [0.15, 0.2) is 5.96 Å². The van der Waals surface area contributed by atoms with E-state index in [1.54, 1.807) is 0 Å². The number of benzene rings is 1. The molecule has 0 aromatic heterocycles. The Hall–Kier alpha value is -2.09. The second kappa shape index (κ2) is 10.5. The highest BCUT2D eigenvalue weighted by atomic mass is 32.2. The van der Waals surface area contributed by atoms with E-state index >= 15 is 0 Å². The van der Waals surface area contributed by atoms with E-state index in [4.69, 9.17) is 0 Å². The zero-order valence-corrected chi connectivity index (χ0v) is 17.8. The van der Waals surface area contributed by atoms with E-state index in [9.17, 15) is 13.2 Å². The summed E-state index contributed by atoms with van der Waals surface area (Å²) < 4.78 is 22.7. The van der Waals surface area contributed by atoms with Crippen LogP contribution in [0.2, 0.25) is 0 Å². The third kappa shape index (κ3) is 7.88. The molecule has 156 valence electrons. The predicted octanol–water partition coefficient (Wildman–Crippen LogP) is 2.30. The van der Waals surface area contributed by atoms with E-state index in [0.717, 1.165) is 30.5 Å². The molecule has 0 heterocycles. The van der Waals surface area contributed by atoms with Gasteiger partial charge in [-0.2, -0.15) is 0 Å². The Kier molecular flexibility index (Phi) is 8.29. The molecule has 0 aliphatic heterocycles. The molecule has 1 atom stereocenters. The summed E-state index contributed by atoms with van der Waals surface area (Å²) in [6.45, 7) is 5.09. The van der Waals surface area contributed by atoms with E-state index in [1.807, 2.05) is 38.1 Å². The zero-order valence-electron chi connectivity index (χ0n) is 17.0.